The summed E-state index contributed by atoms with van der Waals surface area (Å²) in [6.45, 7) is 18.5. The van der Waals surface area contributed by atoms with E-state index in [0.717, 1.165) is 29.0 Å². The summed E-state index contributed by atoms with van der Waals surface area (Å²) in [6.07, 6.45) is 5.70. The van der Waals surface area contributed by atoms with Crippen LogP contribution in [0.25, 0.3) is 17.2 Å². The van der Waals surface area contributed by atoms with E-state index in [1.807, 2.05) is 45.9 Å². The number of methoxy groups -OCH3 is 5. The van der Waals surface area contributed by atoms with E-state index < -0.39 is 17.1 Å². The number of para-hydroxylation sites is 1. The van der Waals surface area contributed by atoms with Crippen LogP contribution in [0.2, 0.25) is 0 Å². The molecule has 0 bridgehead atoms. The van der Waals surface area contributed by atoms with Crippen LogP contribution in [0.4, 0.5) is 5.95 Å². The van der Waals surface area contributed by atoms with Gasteiger partial charge in [-0.15, -0.1) is 23.4 Å². The lowest BCUT2D eigenvalue weighted by Gasteiger charge is -2.19. The number of aryl methyl sites for hydroxylation is 1. The summed E-state index contributed by atoms with van der Waals surface area (Å²) in [4.78, 5) is 13.3. The number of hydrogen-bond acceptors (Lipinski definition) is 12. The molecular weight excluding hydrogens is 747 g/mol. The monoisotopic (exact) mass is 803 g/mol. The Morgan fingerprint density at radius 3 is 1.84 bits per heavy atom. The van der Waals surface area contributed by atoms with Crippen LogP contribution in [0.5, 0.6) is 28.9 Å². The van der Waals surface area contributed by atoms with Crippen molar-refractivity contribution in [3.05, 3.63) is 109 Å². The number of ether oxygens (including phenoxy) is 6. The van der Waals surface area contributed by atoms with Crippen molar-refractivity contribution >= 4 is 16.9 Å². The van der Waals surface area contributed by atoms with E-state index in [2.05, 4.69) is 63.0 Å². The Labute approximate surface area is 339 Å². The number of hydrogen-bond donors (Lipinski definition) is 1. The van der Waals surface area contributed by atoms with E-state index in [4.69, 9.17) is 28.4 Å². The lowest BCUT2D eigenvalue weighted by molar-refractivity contribution is 0.0630. The third kappa shape index (κ3) is 14.0. The second-order valence-corrected chi connectivity index (χ2v) is 13.2. The third-order valence-electron chi connectivity index (χ3n) is 7.82. The summed E-state index contributed by atoms with van der Waals surface area (Å²) >= 11 is 0. The van der Waals surface area contributed by atoms with E-state index in [1.54, 1.807) is 81.8 Å². The molecule has 14 nitrogen and oxygen atoms in total. The fourth-order valence-corrected chi connectivity index (χ4v) is 5.72. The van der Waals surface area contributed by atoms with Crippen LogP contribution >= 0.6 is 0 Å². The van der Waals surface area contributed by atoms with Crippen LogP contribution in [0.1, 0.15) is 57.2 Å². The van der Waals surface area contributed by atoms with Gasteiger partial charge in [-0.05, 0) is 76.9 Å². The normalized spacial score (nSPS) is 11.1. The Morgan fingerprint density at radius 2 is 1.35 bits per heavy atom. The summed E-state index contributed by atoms with van der Waals surface area (Å²) in [5.41, 5.74) is 4.32. The molecule has 0 fully saturated rings. The first-order valence-electron chi connectivity index (χ1n) is 18.1. The van der Waals surface area contributed by atoms with Crippen molar-refractivity contribution in [3.63, 3.8) is 0 Å². The number of allylic oxidation sites excluding steroid dienone is 2. The van der Waals surface area contributed by atoms with Gasteiger partial charge in [0.25, 0.3) is 0 Å². The zero-order chi connectivity index (χ0) is 42.3. The van der Waals surface area contributed by atoms with Gasteiger partial charge in [-0.25, -0.2) is 19.2 Å². The maximum Gasteiger partial charge on any atom is 0.241 e. The lowest BCUT2D eigenvalue weighted by atomic mass is 10.2. The number of nitrogens with one attached hydrogen (secondary N) is 1. The predicted molar refractivity (Wildman–Crippen MR) is 227 cm³/mol. The molecule has 2 aromatic carbocycles. The summed E-state index contributed by atoms with van der Waals surface area (Å²) in [6, 6.07) is 16.4. The summed E-state index contributed by atoms with van der Waals surface area (Å²) < 4.78 is 50.8. The highest BCUT2D eigenvalue weighted by Gasteiger charge is 2.26. The lowest BCUT2D eigenvalue weighted by Crippen LogP contribution is -2.21. The van der Waals surface area contributed by atoms with Crippen LogP contribution < -0.4 is 28.4 Å². The molecule has 0 saturated carbocycles. The van der Waals surface area contributed by atoms with Crippen molar-refractivity contribution in [1.82, 2.24) is 29.7 Å². The molecule has 3 heterocycles. The summed E-state index contributed by atoms with van der Waals surface area (Å²) in [7, 11) is 6.28. The van der Waals surface area contributed by atoms with Crippen LogP contribution in [-0.2, 0) is 15.7 Å². The molecular formula is C42H57N7O7S. The molecule has 0 aliphatic rings. The van der Waals surface area contributed by atoms with Gasteiger partial charge in [0.1, 0.15) is 51.5 Å². The minimum atomic E-state index is -1.67. The van der Waals surface area contributed by atoms with Gasteiger partial charge in [0.05, 0.1) is 41.3 Å². The number of pyridine rings is 1. The number of anilines is 1. The summed E-state index contributed by atoms with van der Waals surface area (Å²) in [5.74, 6) is 4.19. The Hall–Kier alpha value is -5.80. The molecule has 5 rings (SSSR count). The SMILES string of the molecule is C=C.CC=C(C)C.CCCOC(CS(=O)Nc1nnc(-c2cccc(OC)n2)n1-c1c(OC)cccc1OC)c1ncc(C)cn1.COc1cccc(OC)c1C. The van der Waals surface area contributed by atoms with Crippen molar-refractivity contribution in [2.75, 3.05) is 52.6 Å². The van der Waals surface area contributed by atoms with Crippen LogP contribution in [0.15, 0.2) is 91.8 Å². The minimum Gasteiger partial charge on any atom is -0.496 e. The van der Waals surface area contributed by atoms with Gasteiger partial charge in [0.2, 0.25) is 11.8 Å². The number of rotatable bonds is 15. The summed E-state index contributed by atoms with van der Waals surface area (Å²) in [5, 5.41) is 8.68. The van der Waals surface area contributed by atoms with E-state index in [9.17, 15) is 4.21 Å². The van der Waals surface area contributed by atoms with E-state index in [-0.39, 0.29) is 11.7 Å². The highest BCUT2D eigenvalue weighted by atomic mass is 32.2. The van der Waals surface area contributed by atoms with Gasteiger partial charge in [-0.3, -0.25) is 9.29 Å². The predicted octanol–water partition coefficient (Wildman–Crippen LogP) is 8.48. The second kappa shape index (κ2) is 25.4. The third-order valence-corrected chi connectivity index (χ3v) is 8.84. The van der Waals surface area contributed by atoms with E-state index in [1.165, 1.54) is 12.7 Å². The molecule has 2 atom stereocenters. The molecule has 15 heteroatoms. The maximum atomic E-state index is 13.5. The first kappa shape index (κ1) is 47.4. The van der Waals surface area contributed by atoms with Gasteiger partial charge in [0.15, 0.2) is 11.6 Å². The van der Waals surface area contributed by atoms with Crippen molar-refractivity contribution in [2.24, 2.45) is 0 Å². The topological polar surface area (TPSA) is 154 Å². The average molecular weight is 804 g/mol. The molecule has 5 aromatic rings. The minimum absolute atomic E-state index is 0.0751. The fourth-order valence-electron chi connectivity index (χ4n) is 4.78. The Morgan fingerprint density at radius 1 is 0.825 bits per heavy atom. The van der Waals surface area contributed by atoms with E-state index in [0.29, 0.717) is 47.0 Å². The molecule has 0 amide bonds. The smallest absolute Gasteiger partial charge is 0.241 e. The quantitative estimate of drug-likeness (QED) is 0.101. The number of nitrogens with zero attached hydrogens (tertiary/aromatic N) is 6. The number of aromatic nitrogens is 6. The highest BCUT2D eigenvalue weighted by molar-refractivity contribution is 7.86. The molecule has 0 radical (unpaired) electrons. The highest BCUT2D eigenvalue weighted by Crippen LogP contribution is 2.37. The zero-order valence-electron chi connectivity index (χ0n) is 35.0. The molecule has 1 N–H and O–H groups in total. The van der Waals surface area contributed by atoms with Crippen molar-refractivity contribution in [2.45, 2.75) is 54.1 Å². The zero-order valence-corrected chi connectivity index (χ0v) is 35.8. The molecule has 57 heavy (non-hydrogen) atoms. The number of benzene rings is 2. The maximum absolute atomic E-state index is 13.5. The van der Waals surface area contributed by atoms with Gasteiger partial charge < -0.3 is 28.4 Å². The van der Waals surface area contributed by atoms with E-state index >= 15 is 0 Å². The van der Waals surface area contributed by atoms with Crippen LogP contribution in [0.3, 0.4) is 0 Å². The van der Waals surface area contributed by atoms with Crippen molar-refractivity contribution in [1.29, 1.82) is 0 Å². The van der Waals surface area contributed by atoms with Crippen LogP contribution in [0, 0.1) is 13.8 Å². The molecule has 0 spiro atoms. The van der Waals surface area contributed by atoms with Gasteiger partial charge in [-0.1, -0.05) is 36.8 Å². The van der Waals surface area contributed by atoms with Crippen LogP contribution in [-0.4, -0.2) is 81.8 Å². The van der Waals surface area contributed by atoms with Gasteiger partial charge in [0, 0.05) is 30.6 Å². The van der Waals surface area contributed by atoms with Crippen molar-refractivity contribution in [3.8, 4) is 46.1 Å². The van der Waals surface area contributed by atoms with Gasteiger partial charge >= 0.3 is 0 Å². The Kier molecular flexibility index (Phi) is 21.1. The van der Waals surface area contributed by atoms with Gasteiger partial charge in [-0.2, -0.15) is 0 Å². The molecule has 3 aromatic heterocycles. The Balaban J connectivity index is 0.000000516. The molecule has 0 saturated heterocycles. The average Bonchev–Trinajstić information content (AvgIpc) is 3.66. The first-order chi connectivity index (χ1) is 27.5. The molecule has 0 aliphatic heterocycles. The fraction of sp³-hybridized carbons (Fsp3) is 0.357. The molecule has 308 valence electrons. The largest absolute Gasteiger partial charge is 0.496 e. The second-order valence-electron chi connectivity index (χ2n) is 12.0. The molecule has 2 unspecified atom stereocenters. The first-order valence-corrected chi connectivity index (χ1v) is 19.4. The molecule has 0 aliphatic carbocycles. The van der Waals surface area contributed by atoms with Crippen molar-refractivity contribution < 1.29 is 32.6 Å². The standard InChI is InChI=1S/C26H31N7O5S.C9H12O2.C5H10.C2H4/c1-6-13-38-21(24-27-14-17(2)15-28-24)16-39(34)32-26-31-30-25(18-9-7-12-22(29-18)37-5)33(26)23-19(35-3)10-8-11-20(23)36-4;1-7-8(10-2)5-4-6-9(7)11-3;1-4-5(2)3;1-2/h7-12,14-15,21H,6,13,16H2,1-5H3,(H,31,32);4-6H,1-3H3;4H,1-3H3;1-2H2. The Bertz CT molecular complexity index is 1960.